The zero-order valence-electron chi connectivity index (χ0n) is 11.8. The molecule has 3 rings (SSSR count). The predicted octanol–water partition coefficient (Wildman–Crippen LogP) is 2.74. The molecule has 2 atom stereocenters. The summed E-state index contributed by atoms with van der Waals surface area (Å²) in [4.78, 5) is 5.79. The molecule has 2 aromatic rings. The number of aromatic nitrogens is 1. The van der Waals surface area contributed by atoms with Gasteiger partial charge < -0.3 is 15.2 Å². The molecule has 102 valence electrons. The molecule has 0 spiro atoms. The van der Waals surface area contributed by atoms with E-state index in [1.807, 2.05) is 0 Å². The molecule has 1 aromatic carbocycles. The van der Waals surface area contributed by atoms with Crippen LogP contribution in [0.4, 0.5) is 0 Å². The van der Waals surface area contributed by atoms with Crippen LogP contribution in [-0.4, -0.2) is 35.6 Å². The molecule has 2 heterocycles. The number of benzene rings is 1. The molecule has 0 amide bonds. The second-order valence-electron chi connectivity index (χ2n) is 5.79. The molecule has 1 aromatic heterocycles. The number of para-hydroxylation sites is 1. The van der Waals surface area contributed by atoms with E-state index in [1.54, 1.807) is 0 Å². The van der Waals surface area contributed by atoms with Crippen molar-refractivity contribution in [3.8, 4) is 0 Å². The Morgan fingerprint density at radius 3 is 3.05 bits per heavy atom. The number of rotatable bonds is 3. The predicted molar refractivity (Wildman–Crippen MR) is 80.3 cm³/mol. The Morgan fingerprint density at radius 1 is 1.37 bits per heavy atom. The van der Waals surface area contributed by atoms with Gasteiger partial charge in [-0.05, 0) is 45.0 Å². The summed E-state index contributed by atoms with van der Waals surface area (Å²) in [6.45, 7) is 4.48. The van der Waals surface area contributed by atoms with Crippen molar-refractivity contribution < 1.29 is 0 Å². The normalized spacial score (nSPS) is 24.9. The quantitative estimate of drug-likeness (QED) is 0.886. The third kappa shape index (κ3) is 2.67. The molecule has 0 saturated carbocycles. The summed E-state index contributed by atoms with van der Waals surface area (Å²) >= 11 is 0. The van der Waals surface area contributed by atoms with Gasteiger partial charge >= 0.3 is 0 Å². The maximum absolute atomic E-state index is 3.72. The minimum absolute atomic E-state index is 0.653. The Balaban J connectivity index is 1.63. The van der Waals surface area contributed by atoms with Gasteiger partial charge in [0, 0.05) is 35.7 Å². The van der Waals surface area contributed by atoms with Gasteiger partial charge in [-0.25, -0.2) is 0 Å². The van der Waals surface area contributed by atoms with E-state index in [0.717, 1.165) is 6.54 Å². The van der Waals surface area contributed by atoms with Crippen molar-refractivity contribution in [1.82, 2.24) is 15.2 Å². The molecule has 1 aliphatic heterocycles. The highest BCUT2D eigenvalue weighted by atomic mass is 15.1. The Bertz CT molecular complexity index is 546. The lowest BCUT2D eigenvalue weighted by atomic mass is 9.98. The first kappa shape index (κ1) is 12.7. The van der Waals surface area contributed by atoms with E-state index in [2.05, 4.69) is 59.6 Å². The maximum atomic E-state index is 3.72. The van der Waals surface area contributed by atoms with Gasteiger partial charge in [-0.3, -0.25) is 0 Å². The molecule has 3 heteroatoms. The zero-order chi connectivity index (χ0) is 13.2. The lowest BCUT2D eigenvalue weighted by Crippen LogP contribution is -2.45. The second-order valence-corrected chi connectivity index (χ2v) is 5.79. The van der Waals surface area contributed by atoms with Crippen molar-refractivity contribution in [1.29, 1.82) is 0 Å². The fourth-order valence-corrected chi connectivity index (χ4v) is 3.01. The van der Waals surface area contributed by atoms with Crippen LogP contribution in [0.1, 0.15) is 25.3 Å². The summed E-state index contributed by atoms with van der Waals surface area (Å²) in [6, 6.07) is 9.86. The smallest absolute Gasteiger partial charge is 0.0457 e. The third-order valence-corrected chi connectivity index (χ3v) is 4.46. The van der Waals surface area contributed by atoms with Gasteiger partial charge in [0.15, 0.2) is 0 Å². The number of H-pyrrole nitrogens is 1. The molecular weight excluding hydrogens is 234 g/mol. The average Bonchev–Trinajstić information content (AvgIpc) is 2.83. The van der Waals surface area contributed by atoms with Gasteiger partial charge in [0.25, 0.3) is 0 Å². The van der Waals surface area contributed by atoms with E-state index in [4.69, 9.17) is 0 Å². The van der Waals surface area contributed by atoms with Crippen LogP contribution in [0.15, 0.2) is 30.5 Å². The average molecular weight is 257 g/mol. The van der Waals surface area contributed by atoms with Crippen LogP contribution in [0.25, 0.3) is 10.9 Å². The van der Waals surface area contributed by atoms with Gasteiger partial charge in [-0.2, -0.15) is 0 Å². The standard InChI is InChI=1S/C16H23N3/c1-12-9-14(7-8-19(12)2)17-10-13-11-18-16-6-4-3-5-15(13)16/h3-6,11-12,14,17-18H,7-10H2,1-2H3. The highest BCUT2D eigenvalue weighted by Crippen LogP contribution is 2.19. The molecule has 2 unspecified atom stereocenters. The maximum Gasteiger partial charge on any atom is 0.0457 e. The summed E-state index contributed by atoms with van der Waals surface area (Å²) in [5.74, 6) is 0. The van der Waals surface area contributed by atoms with Crippen LogP contribution in [0.2, 0.25) is 0 Å². The molecule has 0 bridgehead atoms. The topological polar surface area (TPSA) is 31.1 Å². The molecule has 1 fully saturated rings. The van der Waals surface area contributed by atoms with Gasteiger partial charge in [0.1, 0.15) is 0 Å². The van der Waals surface area contributed by atoms with Crippen LogP contribution in [0.5, 0.6) is 0 Å². The third-order valence-electron chi connectivity index (χ3n) is 4.46. The molecule has 1 aliphatic rings. The first-order valence-electron chi connectivity index (χ1n) is 7.22. The van der Waals surface area contributed by atoms with Crippen molar-refractivity contribution in [3.05, 3.63) is 36.0 Å². The lowest BCUT2D eigenvalue weighted by molar-refractivity contribution is 0.168. The van der Waals surface area contributed by atoms with E-state index < -0.39 is 0 Å². The SMILES string of the molecule is CC1CC(NCc2c[nH]c3ccccc23)CCN1C. The molecule has 0 radical (unpaired) electrons. The number of likely N-dealkylation sites (tertiary alicyclic amines) is 1. The summed E-state index contributed by atoms with van der Waals surface area (Å²) in [5, 5.41) is 5.06. The first-order valence-corrected chi connectivity index (χ1v) is 7.22. The number of piperidine rings is 1. The van der Waals surface area contributed by atoms with E-state index in [-0.39, 0.29) is 0 Å². The van der Waals surface area contributed by atoms with Gasteiger partial charge in [-0.1, -0.05) is 18.2 Å². The van der Waals surface area contributed by atoms with Crippen LogP contribution in [0.3, 0.4) is 0 Å². The van der Waals surface area contributed by atoms with E-state index >= 15 is 0 Å². The van der Waals surface area contributed by atoms with E-state index in [0.29, 0.717) is 12.1 Å². The van der Waals surface area contributed by atoms with Crippen LogP contribution in [0, 0.1) is 0 Å². The Hall–Kier alpha value is -1.32. The van der Waals surface area contributed by atoms with Crippen molar-refractivity contribution >= 4 is 10.9 Å². The fraction of sp³-hybridized carbons (Fsp3) is 0.500. The van der Waals surface area contributed by atoms with Crippen LogP contribution in [-0.2, 0) is 6.54 Å². The Morgan fingerprint density at radius 2 is 2.21 bits per heavy atom. The largest absolute Gasteiger partial charge is 0.361 e. The number of aromatic amines is 1. The number of nitrogens with zero attached hydrogens (tertiary/aromatic N) is 1. The minimum atomic E-state index is 0.653. The lowest BCUT2D eigenvalue weighted by Gasteiger charge is -2.35. The molecule has 3 nitrogen and oxygen atoms in total. The van der Waals surface area contributed by atoms with Gasteiger partial charge in [0.05, 0.1) is 0 Å². The minimum Gasteiger partial charge on any atom is -0.361 e. The molecule has 1 saturated heterocycles. The van der Waals surface area contributed by atoms with Gasteiger partial charge in [-0.15, -0.1) is 0 Å². The van der Waals surface area contributed by atoms with E-state index in [9.17, 15) is 0 Å². The molecule has 19 heavy (non-hydrogen) atoms. The van der Waals surface area contributed by atoms with Crippen LogP contribution < -0.4 is 5.32 Å². The highest BCUT2D eigenvalue weighted by Gasteiger charge is 2.22. The summed E-state index contributed by atoms with van der Waals surface area (Å²) in [5.41, 5.74) is 2.61. The monoisotopic (exact) mass is 257 g/mol. The zero-order valence-corrected chi connectivity index (χ0v) is 11.8. The van der Waals surface area contributed by atoms with E-state index in [1.165, 1.54) is 35.9 Å². The first-order chi connectivity index (χ1) is 9.24. The summed E-state index contributed by atoms with van der Waals surface area (Å²) < 4.78 is 0. The number of hydrogen-bond acceptors (Lipinski definition) is 2. The number of hydrogen-bond donors (Lipinski definition) is 2. The van der Waals surface area contributed by atoms with Gasteiger partial charge in [0.2, 0.25) is 0 Å². The highest BCUT2D eigenvalue weighted by molar-refractivity contribution is 5.82. The fourth-order valence-electron chi connectivity index (χ4n) is 3.01. The van der Waals surface area contributed by atoms with Crippen molar-refractivity contribution in [2.75, 3.05) is 13.6 Å². The summed E-state index contributed by atoms with van der Waals surface area (Å²) in [7, 11) is 2.22. The van der Waals surface area contributed by atoms with Crippen molar-refractivity contribution in [3.63, 3.8) is 0 Å². The van der Waals surface area contributed by atoms with Crippen LogP contribution >= 0.6 is 0 Å². The molecule has 0 aliphatic carbocycles. The number of nitrogens with one attached hydrogen (secondary N) is 2. The second kappa shape index (κ2) is 5.35. The Kier molecular flexibility index (Phi) is 3.58. The van der Waals surface area contributed by atoms with Crippen molar-refractivity contribution in [2.45, 2.75) is 38.4 Å². The van der Waals surface area contributed by atoms with Crippen molar-refractivity contribution in [2.24, 2.45) is 0 Å². The number of fused-ring (bicyclic) bond motifs is 1. The molecule has 2 N–H and O–H groups in total. The Labute approximate surface area is 115 Å². The summed E-state index contributed by atoms with van der Waals surface area (Å²) in [6.07, 6.45) is 4.64. The molecular formula is C16H23N3.